The summed E-state index contributed by atoms with van der Waals surface area (Å²) in [6, 6.07) is 2.48. The topological polar surface area (TPSA) is 90.0 Å². The van der Waals surface area contributed by atoms with Crippen LogP contribution in [-0.4, -0.2) is 20.8 Å². The van der Waals surface area contributed by atoms with Crippen LogP contribution in [0.25, 0.3) is 0 Å². The molecule has 2 aromatic heterocycles. The molecule has 1 N–H and O–H groups in total. The van der Waals surface area contributed by atoms with E-state index in [1.165, 1.54) is 4.68 Å². The van der Waals surface area contributed by atoms with E-state index in [4.69, 9.17) is 4.52 Å². The number of rotatable bonds is 3. The maximum absolute atomic E-state index is 12.2. The van der Waals surface area contributed by atoms with Crippen LogP contribution in [-0.2, 0) is 17.6 Å². The second kappa shape index (κ2) is 5.16. The third-order valence-corrected chi connectivity index (χ3v) is 3.60. The molecule has 7 heteroatoms. The van der Waals surface area contributed by atoms with Gasteiger partial charge in [-0.25, -0.2) is 4.68 Å². The Hall–Kier alpha value is -2.44. The Balaban J connectivity index is 1.83. The molecular formula is C14H16N4O3. The van der Waals surface area contributed by atoms with Crippen LogP contribution in [0.15, 0.2) is 21.5 Å². The van der Waals surface area contributed by atoms with E-state index in [0.29, 0.717) is 5.69 Å². The van der Waals surface area contributed by atoms with Crippen molar-refractivity contribution < 1.29 is 9.32 Å². The highest BCUT2D eigenvalue weighted by Crippen LogP contribution is 2.18. The molecule has 0 aliphatic heterocycles. The Morgan fingerprint density at radius 3 is 2.95 bits per heavy atom. The van der Waals surface area contributed by atoms with Crippen molar-refractivity contribution in [1.29, 1.82) is 0 Å². The van der Waals surface area contributed by atoms with Gasteiger partial charge in [-0.05, 0) is 38.7 Å². The van der Waals surface area contributed by atoms with Crippen molar-refractivity contribution in [2.75, 3.05) is 5.32 Å². The Morgan fingerprint density at radius 1 is 1.43 bits per heavy atom. The third kappa shape index (κ3) is 2.58. The molecule has 0 aromatic carbocycles. The molecule has 1 atom stereocenters. The highest BCUT2D eigenvalue weighted by molar-refractivity contribution is 5.92. The van der Waals surface area contributed by atoms with E-state index >= 15 is 0 Å². The molecule has 1 amide bonds. The maximum atomic E-state index is 12.2. The van der Waals surface area contributed by atoms with Crippen molar-refractivity contribution in [2.24, 2.45) is 0 Å². The number of amides is 1. The van der Waals surface area contributed by atoms with Crippen LogP contribution in [0, 0.1) is 6.92 Å². The van der Waals surface area contributed by atoms with Crippen LogP contribution in [0.1, 0.15) is 36.3 Å². The lowest BCUT2D eigenvalue weighted by Crippen LogP contribution is -2.33. The second-order valence-corrected chi connectivity index (χ2v) is 5.25. The molecular weight excluding hydrogens is 272 g/mol. The minimum atomic E-state index is -0.714. The number of anilines is 1. The quantitative estimate of drug-likeness (QED) is 0.917. The summed E-state index contributed by atoms with van der Waals surface area (Å²) in [6.07, 6.45) is 2.74. The number of hydrogen-bond donors (Lipinski definition) is 1. The Bertz CT molecular complexity index is 747. The summed E-state index contributed by atoms with van der Waals surface area (Å²) in [5, 5.41) is 10.6. The second-order valence-electron chi connectivity index (χ2n) is 5.25. The van der Waals surface area contributed by atoms with Gasteiger partial charge < -0.3 is 4.52 Å². The zero-order valence-electron chi connectivity index (χ0n) is 11.9. The van der Waals surface area contributed by atoms with E-state index in [1.807, 2.05) is 0 Å². The molecule has 0 unspecified atom stereocenters. The summed E-state index contributed by atoms with van der Waals surface area (Å²) in [4.78, 5) is 24.2. The Labute approximate surface area is 120 Å². The number of carbonyl (C=O) groups is 1. The van der Waals surface area contributed by atoms with Crippen molar-refractivity contribution in [3.63, 3.8) is 0 Å². The Kier molecular flexibility index (Phi) is 3.32. The van der Waals surface area contributed by atoms with Gasteiger partial charge in [0.2, 0.25) is 5.88 Å². The lowest BCUT2D eigenvalue weighted by molar-refractivity contribution is -0.119. The summed E-state index contributed by atoms with van der Waals surface area (Å²) in [7, 11) is 0. The average Bonchev–Trinajstić information content (AvgIpc) is 3.05. The summed E-state index contributed by atoms with van der Waals surface area (Å²) >= 11 is 0. The van der Waals surface area contributed by atoms with Crippen molar-refractivity contribution in [3.8, 4) is 0 Å². The van der Waals surface area contributed by atoms with Gasteiger partial charge in [0.1, 0.15) is 6.04 Å². The first-order valence-corrected chi connectivity index (χ1v) is 6.90. The number of aryl methyl sites for hydroxylation is 3. The smallest absolute Gasteiger partial charge is 0.267 e. The van der Waals surface area contributed by atoms with Crippen molar-refractivity contribution >= 4 is 11.8 Å². The molecule has 1 aliphatic rings. The predicted octanol–water partition coefficient (Wildman–Crippen LogP) is 1.23. The standard InChI is InChI=1S/C14H16N4O3/c1-8-6-12(21-17-8)15-14(20)9(2)18-13(19)7-10-4-3-5-11(10)16-18/h6-7,9H,3-5H2,1-2H3,(H,15,20)/t9-/m0/s1. The molecule has 21 heavy (non-hydrogen) atoms. The lowest BCUT2D eigenvalue weighted by Gasteiger charge is -2.13. The zero-order chi connectivity index (χ0) is 15.0. The van der Waals surface area contributed by atoms with Crippen LogP contribution < -0.4 is 10.9 Å². The molecule has 0 saturated heterocycles. The number of nitrogens with zero attached hydrogens (tertiary/aromatic N) is 3. The normalized spacial score (nSPS) is 14.8. The zero-order valence-corrected chi connectivity index (χ0v) is 11.9. The largest absolute Gasteiger partial charge is 0.338 e. The average molecular weight is 288 g/mol. The minimum absolute atomic E-state index is 0.257. The molecule has 0 saturated carbocycles. The highest BCUT2D eigenvalue weighted by Gasteiger charge is 2.22. The van der Waals surface area contributed by atoms with Crippen molar-refractivity contribution in [2.45, 2.75) is 39.2 Å². The highest BCUT2D eigenvalue weighted by atomic mass is 16.5. The van der Waals surface area contributed by atoms with E-state index in [0.717, 1.165) is 30.5 Å². The molecule has 7 nitrogen and oxygen atoms in total. The number of nitrogens with one attached hydrogen (secondary N) is 1. The van der Waals surface area contributed by atoms with Gasteiger partial charge in [-0.1, -0.05) is 5.16 Å². The molecule has 3 rings (SSSR count). The van der Waals surface area contributed by atoms with E-state index in [9.17, 15) is 9.59 Å². The summed E-state index contributed by atoms with van der Waals surface area (Å²) < 4.78 is 6.16. The van der Waals surface area contributed by atoms with Gasteiger partial charge in [0.15, 0.2) is 0 Å². The van der Waals surface area contributed by atoms with Gasteiger partial charge in [-0.15, -0.1) is 0 Å². The molecule has 2 aromatic rings. The van der Waals surface area contributed by atoms with Gasteiger partial charge in [-0.3, -0.25) is 14.9 Å². The SMILES string of the molecule is Cc1cc(NC(=O)[C@H](C)n2nc3c(cc2=O)CCC3)on1. The van der Waals surface area contributed by atoms with Gasteiger partial charge in [0.25, 0.3) is 11.5 Å². The maximum Gasteiger partial charge on any atom is 0.267 e. The first-order chi connectivity index (χ1) is 10.0. The molecule has 1 aliphatic carbocycles. The van der Waals surface area contributed by atoms with Crippen LogP contribution in [0.4, 0.5) is 5.88 Å². The molecule has 110 valence electrons. The predicted molar refractivity (Wildman–Crippen MR) is 75.1 cm³/mol. The molecule has 0 spiro atoms. The number of fused-ring (bicyclic) bond motifs is 1. The first kappa shape index (κ1) is 13.5. The Morgan fingerprint density at radius 2 is 2.24 bits per heavy atom. The monoisotopic (exact) mass is 288 g/mol. The van der Waals surface area contributed by atoms with E-state index in [-0.39, 0.29) is 17.4 Å². The van der Waals surface area contributed by atoms with Crippen molar-refractivity contribution in [3.05, 3.63) is 39.4 Å². The fraction of sp³-hybridized carbons (Fsp3) is 0.429. The summed E-state index contributed by atoms with van der Waals surface area (Å²) in [6.45, 7) is 3.39. The fourth-order valence-electron chi connectivity index (χ4n) is 2.45. The first-order valence-electron chi connectivity index (χ1n) is 6.90. The molecule has 2 heterocycles. The van der Waals surface area contributed by atoms with Gasteiger partial charge in [-0.2, -0.15) is 5.10 Å². The van der Waals surface area contributed by atoms with E-state index < -0.39 is 6.04 Å². The molecule has 0 fully saturated rings. The van der Waals surface area contributed by atoms with Crippen molar-refractivity contribution in [1.82, 2.24) is 14.9 Å². The number of hydrogen-bond acceptors (Lipinski definition) is 5. The third-order valence-electron chi connectivity index (χ3n) is 3.60. The summed E-state index contributed by atoms with van der Waals surface area (Å²) in [5.41, 5.74) is 2.32. The van der Waals surface area contributed by atoms with E-state index in [2.05, 4.69) is 15.6 Å². The lowest BCUT2D eigenvalue weighted by atomic mass is 10.2. The number of carbonyl (C=O) groups excluding carboxylic acids is 1. The van der Waals surface area contributed by atoms with Crippen LogP contribution in [0.5, 0.6) is 0 Å². The summed E-state index contributed by atoms with van der Waals surface area (Å²) in [5.74, 6) is -0.0998. The molecule has 0 bridgehead atoms. The fourth-order valence-corrected chi connectivity index (χ4v) is 2.45. The van der Waals surface area contributed by atoms with Crippen LogP contribution >= 0.6 is 0 Å². The van der Waals surface area contributed by atoms with Crippen LogP contribution in [0.2, 0.25) is 0 Å². The van der Waals surface area contributed by atoms with Crippen LogP contribution in [0.3, 0.4) is 0 Å². The minimum Gasteiger partial charge on any atom is -0.338 e. The van der Waals surface area contributed by atoms with E-state index in [1.54, 1.807) is 26.0 Å². The molecule has 0 radical (unpaired) electrons. The number of aromatic nitrogens is 3. The van der Waals surface area contributed by atoms with Gasteiger partial charge in [0.05, 0.1) is 11.4 Å². The van der Waals surface area contributed by atoms with Gasteiger partial charge in [0, 0.05) is 12.1 Å². The van der Waals surface area contributed by atoms with Gasteiger partial charge >= 0.3 is 0 Å².